The predicted molar refractivity (Wildman–Crippen MR) is 89.4 cm³/mol. The van der Waals surface area contributed by atoms with Gasteiger partial charge < -0.3 is 14.2 Å². The van der Waals surface area contributed by atoms with Crippen LogP contribution in [0.25, 0.3) is 11.1 Å². The summed E-state index contributed by atoms with van der Waals surface area (Å²) in [5, 5.41) is 12.8. The van der Waals surface area contributed by atoms with Crippen molar-refractivity contribution in [3.05, 3.63) is 34.9 Å². The highest BCUT2D eigenvalue weighted by Gasteiger charge is 2.38. The van der Waals surface area contributed by atoms with Gasteiger partial charge in [-0.15, -0.1) is 5.10 Å². The van der Waals surface area contributed by atoms with E-state index in [4.69, 9.17) is 9.26 Å². The Morgan fingerprint density at radius 2 is 2.23 bits per heavy atom. The van der Waals surface area contributed by atoms with Crippen molar-refractivity contribution in [2.45, 2.75) is 39.0 Å². The molecule has 2 aliphatic heterocycles. The van der Waals surface area contributed by atoms with Crippen molar-refractivity contribution in [1.82, 2.24) is 30.0 Å². The number of aryl methyl sites for hydroxylation is 2. The Balaban J connectivity index is 1.45. The van der Waals surface area contributed by atoms with Crippen molar-refractivity contribution in [1.29, 1.82) is 0 Å². The Labute approximate surface area is 148 Å². The maximum Gasteiger partial charge on any atom is 0.258 e. The Morgan fingerprint density at radius 1 is 1.35 bits per heavy atom. The molecular weight excluding hydrogens is 336 g/mol. The number of nitrogens with zero attached hydrogens (tertiary/aromatic N) is 6. The molecule has 9 nitrogen and oxygen atoms in total. The van der Waals surface area contributed by atoms with Crippen molar-refractivity contribution in [2.75, 3.05) is 13.1 Å². The van der Waals surface area contributed by atoms with Crippen molar-refractivity contribution >= 4 is 17.0 Å². The number of hydrogen-bond acceptors (Lipinski definition) is 7. The zero-order valence-electron chi connectivity index (χ0n) is 14.5. The summed E-state index contributed by atoms with van der Waals surface area (Å²) in [7, 11) is 0. The summed E-state index contributed by atoms with van der Waals surface area (Å²) in [6, 6.07) is 1.93. The van der Waals surface area contributed by atoms with Gasteiger partial charge in [0, 0.05) is 18.8 Å². The lowest BCUT2D eigenvalue weighted by molar-refractivity contribution is -0.0627. The summed E-state index contributed by atoms with van der Waals surface area (Å²) >= 11 is 0. The topological polar surface area (TPSA) is 99.2 Å². The molecule has 0 aliphatic carbocycles. The number of likely N-dealkylation sites (tertiary alicyclic amines) is 1. The normalized spacial score (nSPS) is 22.3. The van der Waals surface area contributed by atoms with Gasteiger partial charge in [0.05, 0.1) is 47.3 Å². The summed E-state index contributed by atoms with van der Waals surface area (Å²) in [5.41, 5.74) is 3.38. The minimum Gasteiger partial charge on any atom is -0.368 e. The smallest absolute Gasteiger partial charge is 0.258 e. The van der Waals surface area contributed by atoms with Crippen LogP contribution in [-0.2, 0) is 11.3 Å². The summed E-state index contributed by atoms with van der Waals surface area (Å²) in [6.45, 7) is 5.30. The first-order valence-electron chi connectivity index (χ1n) is 8.65. The van der Waals surface area contributed by atoms with E-state index < -0.39 is 0 Å². The van der Waals surface area contributed by atoms with Gasteiger partial charge in [-0.3, -0.25) is 4.79 Å². The molecule has 134 valence electrons. The Bertz CT molecular complexity index is 1010. The highest BCUT2D eigenvalue weighted by atomic mass is 16.5. The van der Waals surface area contributed by atoms with E-state index >= 15 is 0 Å². The minimum atomic E-state index is -0.0797. The quantitative estimate of drug-likeness (QED) is 0.651. The van der Waals surface area contributed by atoms with E-state index in [1.807, 2.05) is 23.4 Å². The number of carbonyl (C=O) groups excluding carboxylic acids is 1. The van der Waals surface area contributed by atoms with Crippen LogP contribution in [0.2, 0.25) is 0 Å². The first-order valence-corrected chi connectivity index (χ1v) is 8.65. The maximum atomic E-state index is 13.2. The molecule has 1 fully saturated rings. The summed E-state index contributed by atoms with van der Waals surface area (Å²) in [6.07, 6.45) is 2.44. The lowest BCUT2D eigenvalue weighted by atomic mass is 9.98. The Kier molecular flexibility index (Phi) is 3.33. The van der Waals surface area contributed by atoms with Crippen LogP contribution < -0.4 is 0 Å². The van der Waals surface area contributed by atoms with Crippen LogP contribution in [-0.4, -0.2) is 55.1 Å². The highest BCUT2D eigenvalue weighted by Crippen LogP contribution is 2.32. The van der Waals surface area contributed by atoms with E-state index in [-0.39, 0.29) is 18.1 Å². The minimum absolute atomic E-state index is 0.0433. The van der Waals surface area contributed by atoms with Gasteiger partial charge in [-0.1, -0.05) is 10.4 Å². The number of hydrogen-bond donors (Lipinski definition) is 0. The number of ether oxygens (including phenoxy) is 1. The molecule has 5 rings (SSSR count). The van der Waals surface area contributed by atoms with Gasteiger partial charge in [0.15, 0.2) is 0 Å². The molecule has 5 heterocycles. The van der Waals surface area contributed by atoms with Crippen LogP contribution in [0.1, 0.15) is 39.9 Å². The lowest BCUT2D eigenvalue weighted by Crippen LogP contribution is -2.50. The van der Waals surface area contributed by atoms with E-state index in [1.165, 1.54) is 0 Å². The fraction of sp³-hybridized carbons (Fsp3) is 0.471. The standard InChI is InChI=1S/C17H18N6O3/c1-9-5-12(15-10(2)20-26-16(15)19-9)17(24)22-4-3-13-14(7-22)25-8-11-6-18-21-23(11)13/h5-6,13-14H,3-4,7-8H2,1-2H3/t13-,14-/m0/s1. The summed E-state index contributed by atoms with van der Waals surface area (Å²) in [5.74, 6) is -0.0433. The van der Waals surface area contributed by atoms with Crippen LogP contribution in [0.4, 0.5) is 0 Å². The van der Waals surface area contributed by atoms with Crippen LogP contribution >= 0.6 is 0 Å². The first-order chi connectivity index (χ1) is 12.6. The van der Waals surface area contributed by atoms with E-state index in [0.29, 0.717) is 42.1 Å². The van der Waals surface area contributed by atoms with E-state index in [2.05, 4.69) is 20.5 Å². The van der Waals surface area contributed by atoms with Gasteiger partial charge in [0.1, 0.15) is 0 Å². The van der Waals surface area contributed by atoms with Gasteiger partial charge >= 0.3 is 0 Å². The molecule has 2 atom stereocenters. The zero-order valence-corrected chi connectivity index (χ0v) is 14.5. The van der Waals surface area contributed by atoms with Gasteiger partial charge in [-0.25, -0.2) is 9.67 Å². The number of aromatic nitrogens is 5. The largest absolute Gasteiger partial charge is 0.368 e. The average Bonchev–Trinajstić information content (AvgIpc) is 3.27. The number of carbonyl (C=O) groups is 1. The molecule has 1 amide bonds. The molecule has 9 heteroatoms. The van der Waals surface area contributed by atoms with Crippen molar-refractivity contribution in [2.24, 2.45) is 0 Å². The van der Waals surface area contributed by atoms with E-state index in [9.17, 15) is 4.79 Å². The molecule has 2 aliphatic rings. The van der Waals surface area contributed by atoms with E-state index in [0.717, 1.165) is 17.8 Å². The molecule has 0 N–H and O–H groups in total. The Hall–Kier alpha value is -2.81. The molecule has 26 heavy (non-hydrogen) atoms. The molecule has 3 aromatic heterocycles. The van der Waals surface area contributed by atoms with Crippen molar-refractivity contribution in [3.63, 3.8) is 0 Å². The van der Waals surface area contributed by atoms with Crippen LogP contribution in [0, 0.1) is 13.8 Å². The van der Waals surface area contributed by atoms with Gasteiger partial charge in [-0.05, 0) is 26.3 Å². The SMILES string of the molecule is Cc1cc(C(=O)N2CC[C@H]3[C@H](C2)OCc2cnnn23)c2c(C)noc2n1. The van der Waals surface area contributed by atoms with Crippen LogP contribution in [0.3, 0.4) is 0 Å². The second-order valence-electron chi connectivity index (χ2n) is 6.89. The number of pyridine rings is 1. The number of fused-ring (bicyclic) bond motifs is 4. The molecule has 0 unspecified atom stereocenters. The fourth-order valence-corrected chi connectivity index (χ4v) is 3.93. The highest BCUT2D eigenvalue weighted by molar-refractivity contribution is 6.06. The molecule has 0 saturated carbocycles. The van der Waals surface area contributed by atoms with Crippen molar-refractivity contribution < 1.29 is 14.1 Å². The maximum absolute atomic E-state index is 13.2. The number of rotatable bonds is 1. The second-order valence-corrected chi connectivity index (χ2v) is 6.89. The fourth-order valence-electron chi connectivity index (χ4n) is 3.93. The third-order valence-corrected chi connectivity index (χ3v) is 5.20. The van der Waals surface area contributed by atoms with Gasteiger partial charge in [0.25, 0.3) is 11.6 Å². The summed E-state index contributed by atoms with van der Waals surface area (Å²) < 4.78 is 13.2. The molecule has 0 spiro atoms. The lowest BCUT2D eigenvalue weighted by Gasteiger charge is -2.41. The average molecular weight is 354 g/mol. The summed E-state index contributed by atoms with van der Waals surface area (Å²) in [4.78, 5) is 19.4. The molecule has 1 saturated heterocycles. The number of piperidine rings is 1. The molecule has 0 aromatic carbocycles. The van der Waals surface area contributed by atoms with Crippen molar-refractivity contribution in [3.8, 4) is 0 Å². The predicted octanol–water partition coefficient (Wildman–Crippen LogP) is 1.42. The monoisotopic (exact) mass is 354 g/mol. The van der Waals surface area contributed by atoms with Gasteiger partial charge in [0.2, 0.25) is 0 Å². The second kappa shape index (κ2) is 5.60. The zero-order chi connectivity index (χ0) is 17.8. The number of amides is 1. The molecule has 3 aromatic rings. The van der Waals surface area contributed by atoms with Crippen LogP contribution in [0.15, 0.2) is 16.8 Å². The van der Waals surface area contributed by atoms with E-state index in [1.54, 1.807) is 12.3 Å². The molecular formula is C17H18N6O3. The first kappa shape index (κ1) is 15.4. The third-order valence-electron chi connectivity index (χ3n) is 5.20. The van der Waals surface area contributed by atoms with Crippen LogP contribution in [0.5, 0.6) is 0 Å². The third kappa shape index (κ3) is 2.23. The molecule has 0 radical (unpaired) electrons. The van der Waals surface area contributed by atoms with Gasteiger partial charge in [-0.2, -0.15) is 0 Å². The Morgan fingerprint density at radius 3 is 3.12 bits per heavy atom. The molecule has 0 bridgehead atoms.